The first-order chi connectivity index (χ1) is 49.6. The Bertz CT molecular complexity index is 4960. The molecule has 0 radical (unpaired) electrons. The van der Waals surface area contributed by atoms with Crippen molar-refractivity contribution in [2.45, 2.75) is 52.0 Å². The third-order valence-electron chi connectivity index (χ3n) is 18.8. The second-order valence-electron chi connectivity index (χ2n) is 26.0. The van der Waals surface area contributed by atoms with Gasteiger partial charge in [-0.2, -0.15) is 0 Å². The Morgan fingerprint density at radius 1 is 0.392 bits per heavy atom. The van der Waals surface area contributed by atoms with Crippen LogP contribution >= 0.6 is 22.7 Å². The predicted molar refractivity (Wildman–Crippen MR) is 394 cm³/mol. The van der Waals surface area contributed by atoms with E-state index in [0.29, 0.717) is 92.0 Å². The van der Waals surface area contributed by atoms with Gasteiger partial charge in [-0.1, -0.05) is 82.9 Å². The number of carbonyl (C=O) groups excluding carboxylic acids is 6. The van der Waals surface area contributed by atoms with Gasteiger partial charge in [-0.15, -0.1) is 22.7 Å². The molecule has 4 aliphatic heterocycles. The average Bonchev–Trinajstić information content (AvgIpc) is 1.16. The van der Waals surface area contributed by atoms with E-state index >= 15 is 28.8 Å². The van der Waals surface area contributed by atoms with Gasteiger partial charge in [-0.3, -0.25) is 38.6 Å². The number of fused-ring (bicyclic) bond motifs is 2. The molecule has 102 heavy (non-hydrogen) atoms. The van der Waals surface area contributed by atoms with Crippen molar-refractivity contribution in [2.24, 2.45) is 0 Å². The van der Waals surface area contributed by atoms with E-state index in [0.717, 1.165) is 43.4 Å². The molecule has 0 saturated carbocycles. The summed E-state index contributed by atoms with van der Waals surface area (Å²) in [7, 11) is 0. The number of nitrogens with zero attached hydrogens (tertiary/aromatic N) is 2. The van der Waals surface area contributed by atoms with Crippen LogP contribution in [-0.2, 0) is 19.1 Å². The molecule has 4 unspecified atom stereocenters. The highest BCUT2D eigenvalue weighted by Gasteiger charge is 2.47. The maximum atomic E-state index is 16.4. The number of ether oxygens (including phenoxy) is 6. The summed E-state index contributed by atoms with van der Waals surface area (Å²) < 4.78 is 39.7. The number of nitrogens with one attached hydrogen (secondary N) is 4. The lowest BCUT2D eigenvalue weighted by Gasteiger charge is -2.35. The summed E-state index contributed by atoms with van der Waals surface area (Å²) in [5.41, 5.74) is 6.24. The van der Waals surface area contributed by atoms with Crippen LogP contribution in [0.15, 0.2) is 205 Å². The first kappa shape index (κ1) is 63.5. The van der Waals surface area contributed by atoms with Crippen molar-refractivity contribution in [2.75, 3.05) is 47.6 Å². The second-order valence-corrected chi connectivity index (χ2v) is 27.9. The number of rotatable bonds is 22. The number of benzene rings is 11. The Kier molecular flexibility index (Phi) is 16.0. The van der Waals surface area contributed by atoms with Gasteiger partial charge in [0.05, 0.1) is 47.7 Å². The molecule has 4 aliphatic rings. The standard InChI is InChI=1S/C82H62N6O12S2/c1-43-9-25-51(26-10-43)97-61-35-57-67-58(80(92)87(79(57)91)75(65-7-5-33-101-65)77(89)85-49-21-17-47(18-22-49)83-39-55-41-95-55)37-63(99-53-29-13-45(3)14-30-53)71-72-64(100-54-31-15-46(4)16-32-54)38-60-68-59(36-62(70(74(68)72)69(61)73(67)71)98-52-27-11-44(2)12-28-52)81(93)88(82(60)94)76(66-8-6-34-102-66)78(90)86-50-23-19-48(20-24-50)84-40-56-42-96-56/h5-38,55-56,75-76,83-84H,39-42H2,1-4H3,(H,85,89)(H,86,90). The molecule has 2 saturated heterocycles. The van der Waals surface area contributed by atoms with Crippen molar-refractivity contribution in [1.82, 2.24) is 9.80 Å². The molecule has 6 heterocycles. The number of hydrogen-bond donors (Lipinski definition) is 4. The Morgan fingerprint density at radius 2 is 0.667 bits per heavy atom. The maximum Gasteiger partial charge on any atom is 0.262 e. The fourth-order valence-corrected chi connectivity index (χ4v) is 15.1. The summed E-state index contributed by atoms with van der Waals surface area (Å²) in [6.45, 7) is 10.4. The Balaban J connectivity index is 0.936. The number of aryl methyl sites for hydroxylation is 4. The molecule has 0 aliphatic carbocycles. The van der Waals surface area contributed by atoms with Crippen LogP contribution < -0.4 is 40.2 Å². The van der Waals surface area contributed by atoms with Crippen LogP contribution in [0.4, 0.5) is 22.7 Å². The van der Waals surface area contributed by atoms with Crippen molar-refractivity contribution in [1.29, 1.82) is 0 Å². The zero-order valence-corrected chi connectivity index (χ0v) is 57.0. The van der Waals surface area contributed by atoms with Crippen LogP contribution in [0.25, 0.3) is 43.1 Å². The summed E-state index contributed by atoms with van der Waals surface area (Å²) in [6.07, 6.45) is 0.272. The lowest BCUT2D eigenvalue weighted by molar-refractivity contribution is -0.120. The number of amides is 6. The lowest BCUT2D eigenvalue weighted by atomic mass is 9.80. The van der Waals surface area contributed by atoms with Crippen molar-refractivity contribution in [3.05, 3.63) is 259 Å². The molecule has 11 aromatic carbocycles. The molecule has 13 aromatic rings. The second kappa shape index (κ2) is 25.7. The van der Waals surface area contributed by atoms with Crippen LogP contribution in [0.2, 0.25) is 0 Å². The van der Waals surface area contributed by atoms with Gasteiger partial charge < -0.3 is 49.7 Å². The van der Waals surface area contributed by atoms with Crippen molar-refractivity contribution >= 4 is 124 Å². The minimum Gasteiger partial charge on any atom is -0.457 e. The van der Waals surface area contributed by atoms with Gasteiger partial charge in [0.1, 0.15) is 46.0 Å². The van der Waals surface area contributed by atoms with E-state index < -0.39 is 47.5 Å². The number of anilines is 4. The molecule has 4 atom stereocenters. The normalized spacial score (nSPS) is 15.8. The van der Waals surface area contributed by atoms with Crippen LogP contribution in [-0.4, -0.2) is 83.8 Å². The molecular weight excluding hydrogens is 1330 g/mol. The van der Waals surface area contributed by atoms with E-state index in [1.807, 2.05) is 100 Å². The number of epoxide rings is 2. The van der Waals surface area contributed by atoms with Crippen LogP contribution in [0.3, 0.4) is 0 Å². The van der Waals surface area contributed by atoms with Crippen molar-refractivity contribution < 1.29 is 57.2 Å². The summed E-state index contributed by atoms with van der Waals surface area (Å²) >= 11 is 2.44. The van der Waals surface area contributed by atoms with Gasteiger partial charge in [0.25, 0.3) is 35.4 Å². The molecule has 504 valence electrons. The number of thiophene rings is 2. The van der Waals surface area contributed by atoms with Crippen molar-refractivity contribution in [3.63, 3.8) is 0 Å². The fourth-order valence-electron chi connectivity index (χ4n) is 13.5. The van der Waals surface area contributed by atoms with E-state index in [9.17, 15) is 0 Å². The zero-order valence-electron chi connectivity index (χ0n) is 55.4. The van der Waals surface area contributed by atoms with Gasteiger partial charge in [0, 0.05) is 88.7 Å². The third-order valence-corrected chi connectivity index (χ3v) is 20.6. The molecule has 20 heteroatoms. The Morgan fingerprint density at radius 3 is 0.922 bits per heavy atom. The smallest absolute Gasteiger partial charge is 0.262 e. The molecule has 2 aromatic heterocycles. The predicted octanol–water partition coefficient (Wildman–Crippen LogP) is 17.8. The Hall–Kier alpha value is -11.9. The van der Waals surface area contributed by atoms with Crippen LogP contribution in [0.5, 0.6) is 46.0 Å². The van der Waals surface area contributed by atoms with E-state index in [2.05, 4.69) is 21.3 Å². The van der Waals surface area contributed by atoms with E-state index in [1.165, 1.54) is 22.7 Å². The highest BCUT2D eigenvalue weighted by Crippen LogP contribution is 2.59. The van der Waals surface area contributed by atoms with Gasteiger partial charge >= 0.3 is 0 Å². The minimum absolute atomic E-state index is 0.00394. The van der Waals surface area contributed by atoms with E-state index in [1.54, 1.807) is 132 Å². The van der Waals surface area contributed by atoms with Gasteiger partial charge in [-0.05, 0) is 172 Å². The third kappa shape index (κ3) is 11.8. The zero-order chi connectivity index (χ0) is 69.6. The van der Waals surface area contributed by atoms with E-state index in [-0.39, 0.29) is 79.0 Å². The highest BCUT2D eigenvalue weighted by molar-refractivity contribution is 7.10. The summed E-state index contributed by atoms with van der Waals surface area (Å²) in [6, 6.07) is 54.1. The number of hydrogen-bond acceptors (Lipinski definition) is 16. The summed E-state index contributed by atoms with van der Waals surface area (Å²) in [5, 5.41) is 18.4. The van der Waals surface area contributed by atoms with Gasteiger partial charge in [-0.25, -0.2) is 0 Å². The molecular formula is C82H62N6O12S2. The topological polar surface area (TPSA) is 219 Å². The molecule has 4 N–H and O–H groups in total. The summed E-state index contributed by atoms with van der Waals surface area (Å²) in [4.78, 5) is 99.2. The van der Waals surface area contributed by atoms with Gasteiger partial charge in [0.15, 0.2) is 12.1 Å². The quantitative estimate of drug-likeness (QED) is 0.0215. The first-order valence-corrected chi connectivity index (χ1v) is 35.1. The number of imide groups is 2. The average molecular weight is 1390 g/mol. The minimum atomic E-state index is -1.50. The molecule has 2 fully saturated rings. The largest absolute Gasteiger partial charge is 0.457 e. The molecule has 18 nitrogen and oxygen atoms in total. The van der Waals surface area contributed by atoms with Gasteiger partial charge in [0.2, 0.25) is 0 Å². The molecule has 17 rings (SSSR count). The van der Waals surface area contributed by atoms with E-state index in [4.69, 9.17) is 28.4 Å². The maximum absolute atomic E-state index is 16.4. The summed E-state index contributed by atoms with van der Waals surface area (Å²) in [5.74, 6) is -2.72. The monoisotopic (exact) mass is 1390 g/mol. The Labute approximate surface area is 592 Å². The van der Waals surface area contributed by atoms with Crippen LogP contribution in [0.1, 0.15) is 85.5 Å². The lowest BCUT2D eigenvalue weighted by Crippen LogP contribution is -2.47. The molecule has 0 bridgehead atoms. The van der Waals surface area contributed by atoms with Crippen molar-refractivity contribution in [3.8, 4) is 46.0 Å². The molecule has 0 spiro atoms. The number of carbonyl (C=O) groups is 6. The fraction of sp³-hybridized carbons (Fsp3) is 0.146. The molecule has 6 amide bonds. The van der Waals surface area contributed by atoms with Crippen LogP contribution in [0, 0.1) is 27.7 Å². The first-order valence-electron chi connectivity index (χ1n) is 33.3. The SMILES string of the molecule is Cc1ccc(Oc2cc3c4c(cc(Oc5ccc(C)cc5)c5c6c(Oc7ccc(C)cc7)cc7c8c(cc(Oc9ccc(C)cc9)c(c2c45)c86)C(=O)N(C(C(=O)Nc2ccc(NCC4CO4)cc2)c2cccs2)C7=O)C(=O)N(C(C(=O)Nc2ccc(NCC4CO4)cc2)c2cccs2)C3=O)cc1. The highest BCUT2D eigenvalue weighted by atomic mass is 32.1.